The summed E-state index contributed by atoms with van der Waals surface area (Å²) >= 11 is 0. The zero-order valence-corrected chi connectivity index (χ0v) is 10.6. The summed E-state index contributed by atoms with van der Waals surface area (Å²) in [7, 11) is 0. The van der Waals surface area contributed by atoms with Gasteiger partial charge in [-0.1, -0.05) is 19.9 Å². The molecule has 0 spiro atoms. The highest BCUT2D eigenvalue weighted by atomic mass is 16.2. The van der Waals surface area contributed by atoms with Crippen molar-refractivity contribution in [1.29, 1.82) is 0 Å². The van der Waals surface area contributed by atoms with Gasteiger partial charge in [0.05, 0.1) is 17.7 Å². The van der Waals surface area contributed by atoms with Crippen LogP contribution in [0.4, 0.5) is 0 Å². The average Bonchev–Trinajstić information content (AvgIpc) is 2.87. The molecule has 0 radical (unpaired) electrons. The number of H-pyrrole nitrogens is 1. The van der Waals surface area contributed by atoms with Crippen molar-refractivity contribution < 1.29 is 9.59 Å². The van der Waals surface area contributed by atoms with Gasteiger partial charge in [-0.05, 0) is 30.0 Å². The molecule has 1 aliphatic carbocycles. The van der Waals surface area contributed by atoms with Gasteiger partial charge in [-0.25, -0.2) is 0 Å². The van der Waals surface area contributed by atoms with Crippen LogP contribution >= 0.6 is 0 Å². The van der Waals surface area contributed by atoms with Gasteiger partial charge in [0, 0.05) is 10.9 Å². The SMILES string of the molecule is CCc1ccc2[nH]c3c(c2c1CC)C(=O)CC3=O. The number of carbonyl (C=O) groups excluding carboxylic acids is 2. The normalized spacial score (nSPS) is 14.6. The lowest BCUT2D eigenvalue weighted by Gasteiger charge is -2.08. The number of carbonyl (C=O) groups is 2. The van der Waals surface area contributed by atoms with E-state index in [9.17, 15) is 9.59 Å². The molecule has 3 rings (SSSR count). The van der Waals surface area contributed by atoms with Crippen molar-refractivity contribution >= 4 is 22.5 Å². The van der Waals surface area contributed by atoms with E-state index < -0.39 is 0 Å². The Bertz CT molecular complexity index is 679. The van der Waals surface area contributed by atoms with E-state index in [2.05, 4.69) is 24.9 Å². The number of hydrogen-bond donors (Lipinski definition) is 1. The highest BCUT2D eigenvalue weighted by Crippen LogP contribution is 2.34. The summed E-state index contributed by atoms with van der Waals surface area (Å²) < 4.78 is 0. The third-order valence-corrected chi connectivity index (χ3v) is 3.78. The Morgan fingerprint density at radius 3 is 2.56 bits per heavy atom. The molecule has 3 nitrogen and oxygen atoms in total. The molecule has 1 heterocycles. The number of aromatic nitrogens is 1. The summed E-state index contributed by atoms with van der Waals surface area (Å²) in [5, 5.41) is 0.975. The van der Waals surface area contributed by atoms with Crippen LogP contribution in [0.5, 0.6) is 0 Å². The zero-order chi connectivity index (χ0) is 12.9. The maximum absolute atomic E-state index is 12.0. The van der Waals surface area contributed by atoms with E-state index in [1.807, 2.05) is 6.07 Å². The summed E-state index contributed by atoms with van der Waals surface area (Å²) in [6.07, 6.45) is 1.85. The van der Waals surface area contributed by atoms with Gasteiger partial charge >= 0.3 is 0 Å². The third kappa shape index (κ3) is 1.30. The second-order valence-corrected chi connectivity index (χ2v) is 4.73. The minimum Gasteiger partial charge on any atom is -0.351 e. The predicted molar refractivity (Wildman–Crippen MR) is 70.3 cm³/mol. The van der Waals surface area contributed by atoms with Crippen LogP contribution in [0, 0.1) is 0 Å². The van der Waals surface area contributed by atoms with Gasteiger partial charge in [-0.2, -0.15) is 0 Å². The summed E-state index contributed by atoms with van der Waals surface area (Å²) in [5.41, 5.74) is 4.52. The molecule has 1 N–H and O–H groups in total. The molecular weight excluding hydrogens is 226 g/mol. The smallest absolute Gasteiger partial charge is 0.187 e. The van der Waals surface area contributed by atoms with Gasteiger partial charge in [-0.15, -0.1) is 0 Å². The molecule has 0 aliphatic heterocycles. The maximum Gasteiger partial charge on any atom is 0.187 e. The summed E-state index contributed by atoms with van der Waals surface area (Å²) in [4.78, 5) is 26.8. The highest BCUT2D eigenvalue weighted by Gasteiger charge is 2.32. The average molecular weight is 241 g/mol. The first kappa shape index (κ1) is 11.2. The number of aromatic amines is 1. The zero-order valence-electron chi connectivity index (χ0n) is 10.6. The molecule has 0 saturated heterocycles. The van der Waals surface area contributed by atoms with E-state index in [0.29, 0.717) is 11.3 Å². The Morgan fingerprint density at radius 1 is 1.11 bits per heavy atom. The molecule has 1 aromatic heterocycles. The molecular formula is C15H15NO2. The van der Waals surface area contributed by atoms with Crippen LogP contribution in [-0.4, -0.2) is 16.6 Å². The Labute approximate surface area is 105 Å². The lowest BCUT2D eigenvalue weighted by Crippen LogP contribution is -1.98. The van der Waals surface area contributed by atoms with E-state index in [1.165, 1.54) is 11.1 Å². The molecule has 0 saturated carbocycles. The Hall–Kier alpha value is -1.90. The summed E-state index contributed by atoms with van der Waals surface area (Å²) in [5.74, 6) is -0.115. The first-order valence-electron chi connectivity index (χ1n) is 6.40. The minimum atomic E-state index is -0.0775. The van der Waals surface area contributed by atoms with Crippen LogP contribution in [0.1, 0.15) is 52.2 Å². The first-order valence-corrected chi connectivity index (χ1v) is 6.40. The number of rotatable bonds is 2. The van der Waals surface area contributed by atoms with Crippen LogP contribution in [0.2, 0.25) is 0 Å². The van der Waals surface area contributed by atoms with Gasteiger partial charge in [0.25, 0.3) is 0 Å². The predicted octanol–water partition coefficient (Wildman–Crippen LogP) is 3.06. The summed E-state index contributed by atoms with van der Waals surface area (Å²) in [6.45, 7) is 4.20. The summed E-state index contributed by atoms with van der Waals surface area (Å²) in [6, 6.07) is 4.06. The molecule has 0 bridgehead atoms. The van der Waals surface area contributed by atoms with Crippen LogP contribution in [-0.2, 0) is 12.8 Å². The minimum absolute atomic E-state index is 0.0244. The van der Waals surface area contributed by atoms with Gasteiger partial charge in [0.15, 0.2) is 11.6 Å². The molecule has 1 aliphatic rings. The largest absolute Gasteiger partial charge is 0.351 e. The number of ketones is 2. The van der Waals surface area contributed by atoms with Gasteiger partial charge < -0.3 is 4.98 Å². The molecule has 0 amide bonds. The topological polar surface area (TPSA) is 49.9 Å². The van der Waals surface area contributed by atoms with E-state index >= 15 is 0 Å². The fourth-order valence-corrected chi connectivity index (χ4v) is 2.95. The molecule has 0 unspecified atom stereocenters. The fraction of sp³-hybridized carbons (Fsp3) is 0.333. The lowest BCUT2D eigenvalue weighted by atomic mass is 9.96. The third-order valence-electron chi connectivity index (χ3n) is 3.78. The Morgan fingerprint density at radius 2 is 1.89 bits per heavy atom. The number of Topliss-reactive ketones (excluding diaryl/α,β-unsaturated/α-hetero) is 2. The Kier molecular flexibility index (Phi) is 2.37. The monoisotopic (exact) mass is 241 g/mol. The van der Waals surface area contributed by atoms with Crippen molar-refractivity contribution in [2.24, 2.45) is 0 Å². The lowest BCUT2D eigenvalue weighted by molar-refractivity contribution is 0.0921. The van der Waals surface area contributed by atoms with Crippen LogP contribution in [0.15, 0.2) is 12.1 Å². The van der Waals surface area contributed by atoms with E-state index in [4.69, 9.17) is 0 Å². The fourth-order valence-electron chi connectivity index (χ4n) is 2.95. The second-order valence-electron chi connectivity index (χ2n) is 4.73. The van der Waals surface area contributed by atoms with E-state index in [0.717, 1.165) is 23.7 Å². The first-order chi connectivity index (χ1) is 8.67. The van der Waals surface area contributed by atoms with Crippen LogP contribution < -0.4 is 0 Å². The molecule has 2 aromatic rings. The van der Waals surface area contributed by atoms with Gasteiger partial charge in [0.2, 0.25) is 0 Å². The number of nitrogens with one attached hydrogen (secondary N) is 1. The van der Waals surface area contributed by atoms with Crippen LogP contribution in [0.25, 0.3) is 10.9 Å². The van der Waals surface area contributed by atoms with Crippen molar-refractivity contribution in [3.05, 3.63) is 34.5 Å². The van der Waals surface area contributed by atoms with E-state index in [1.54, 1.807) is 0 Å². The number of benzene rings is 1. The molecule has 92 valence electrons. The maximum atomic E-state index is 12.0. The van der Waals surface area contributed by atoms with Crippen molar-refractivity contribution in [2.75, 3.05) is 0 Å². The number of fused-ring (bicyclic) bond motifs is 3. The highest BCUT2D eigenvalue weighted by molar-refractivity contribution is 6.29. The second kappa shape index (κ2) is 3.80. The van der Waals surface area contributed by atoms with Crippen LogP contribution in [0.3, 0.4) is 0 Å². The molecule has 18 heavy (non-hydrogen) atoms. The van der Waals surface area contributed by atoms with Gasteiger partial charge in [-0.3, -0.25) is 9.59 Å². The van der Waals surface area contributed by atoms with Crippen molar-refractivity contribution in [2.45, 2.75) is 33.1 Å². The van der Waals surface area contributed by atoms with Crippen molar-refractivity contribution in [3.8, 4) is 0 Å². The van der Waals surface area contributed by atoms with Gasteiger partial charge in [0.1, 0.15) is 0 Å². The van der Waals surface area contributed by atoms with Crippen molar-refractivity contribution in [1.82, 2.24) is 4.98 Å². The molecule has 0 fully saturated rings. The molecule has 1 aromatic carbocycles. The molecule has 3 heteroatoms. The van der Waals surface area contributed by atoms with E-state index in [-0.39, 0.29) is 18.0 Å². The Balaban J connectivity index is 2.44. The van der Waals surface area contributed by atoms with Crippen molar-refractivity contribution in [3.63, 3.8) is 0 Å². The molecule has 0 atom stereocenters. The standard InChI is InChI=1S/C15H15NO2/c1-3-8-5-6-10-13(9(8)4-2)14-11(17)7-12(18)15(14)16-10/h5-6,16H,3-4,7H2,1-2H3. The number of hydrogen-bond acceptors (Lipinski definition) is 2. The number of aryl methyl sites for hydroxylation is 2. The quantitative estimate of drug-likeness (QED) is 0.821.